The van der Waals surface area contributed by atoms with Crippen LogP contribution in [0.5, 0.6) is 17.2 Å². The molecule has 1 aliphatic rings. The number of benzene rings is 3. The summed E-state index contributed by atoms with van der Waals surface area (Å²) >= 11 is 1.20. The van der Waals surface area contributed by atoms with E-state index in [0.717, 1.165) is 10.8 Å². The fourth-order valence-electron chi connectivity index (χ4n) is 5.19. The first-order chi connectivity index (χ1) is 22.3. The number of thiazole rings is 1. The number of fused-ring (bicyclic) bond motifs is 2. The molecule has 0 aliphatic carbocycles. The first-order valence-electron chi connectivity index (χ1n) is 14.5. The first-order valence-corrected chi connectivity index (χ1v) is 15.4. The maximum absolute atomic E-state index is 14.3. The van der Waals surface area contributed by atoms with Crippen molar-refractivity contribution in [3.8, 4) is 29.6 Å². The third-order valence-corrected chi connectivity index (χ3v) is 8.17. The third kappa shape index (κ3) is 6.39. The molecule has 0 saturated heterocycles. The predicted octanol–water partition coefficient (Wildman–Crippen LogP) is 3.91. The second-order valence-corrected chi connectivity index (χ2v) is 11.0. The quantitative estimate of drug-likeness (QED) is 0.179. The topological polar surface area (TPSA) is 115 Å². The minimum atomic E-state index is -0.893. The van der Waals surface area contributed by atoms with E-state index in [1.165, 1.54) is 23.0 Å². The number of nitrogens with zero attached hydrogens (tertiary/aromatic N) is 2. The molecule has 0 N–H and O–H groups in total. The van der Waals surface area contributed by atoms with E-state index in [1.807, 2.05) is 43.3 Å². The van der Waals surface area contributed by atoms with Crippen LogP contribution in [0.2, 0.25) is 0 Å². The van der Waals surface area contributed by atoms with Crippen LogP contribution in [0.4, 0.5) is 0 Å². The summed E-state index contributed by atoms with van der Waals surface area (Å²) in [6.07, 6.45) is 7.24. The Bertz CT molecular complexity index is 2070. The van der Waals surface area contributed by atoms with Crippen molar-refractivity contribution >= 4 is 40.1 Å². The highest BCUT2D eigenvalue weighted by Crippen LogP contribution is 2.36. The molecule has 4 aromatic rings. The summed E-state index contributed by atoms with van der Waals surface area (Å²) in [6, 6.07) is 15.7. The molecule has 0 unspecified atom stereocenters. The lowest BCUT2D eigenvalue weighted by Crippen LogP contribution is -2.40. The number of methoxy groups -OCH3 is 1. The Morgan fingerprint density at radius 1 is 1.02 bits per heavy atom. The summed E-state index contributed by atoms with van der Waals surface area (Å²) in [5, 5.41) is 1.84. The number of terminal acetylenes is 1. The van der Waals surface area contributed by atoms with Crippen molar-refractivity contribution in [2.45, 2.75) is 26.8 Å². The van der Waals surface area contributed by atoms with Crippen LogP contribution in [-0.4, -0.2) is 50.0 Å². The average molecular weight is 641 g/mol. The van der Waals surface area contributed by atoms with Crippen LogP contribution in [0.3, 0.4) is 0 Å². The average Bonchev–Trinajstić information content (AvgIpc) is 3.36. The standard InChI is InChI=1S/C35H32N2O8S/c1-6-17-44-26-15-13-22-11-9-10-12-24(22)25(26)19-29-33(39)37-32(31(34(40)43-8-3)21(4)36-35(37)46-29)23-14-16-27(28(18-23)42-7-2)45-20-30(38)41-5/h1,9-16,18-19,32H,7-8,17,20H2,2-5H3/b29-19+/t32-/m1/s1. The molecule has 11 heteroatoms. The SMILES string of the molecule is C#CCOc1ccc2ccccc2c1/C=c1/sc2n(c1=O)[C@H](c1ccc(OCC(=O)OC)c(OCC)c1)C(C(=O)OCC)=C(C)N=2. The van der Waals surface area contributed by atoms with Crippen LogP contribution in [0.25, 0.3) is 16.8 Å². The van der Waals surface area contributed by atoms with E-state index in [0.29, 0.717) is 50.0 Å². The van der Waals surface area contributed by atoms with Crippen molar-refractivity contribution in [3.05, 3.63) is 96.7 Å². The van der Waals surface area contributed by atoms with Gasteiger partial charge in [0.15, 0.2) is 22.9 Å². The van der Waals surface area contributed by atoms with Crippen LogP contribution in [0, 0.1) is 12.3 Å². The van der Waals surface area contributed by atoms with Gasteiger partial charge in [-0.2, -0.15) is 0 Å². The second-order valence-electron chi connectivity index (χ2n) is 10.00. The Hall–Kier alpha value is -5.34. The van der Waals surface area contributed by atoms with E-state index >= 15 is 0 Å². The smallest absolute Gasteiger partial charge is 0.343 e. The number of ether oxygens (including phenoxy) is 5. The fourth-order valence-corrected chi connectivity index (χ4v) is 6.21. The zero-order chi connectivity index (χ0) is 32.8. The molecule has 1 aliphatic heterocycles. The van der Waals surface area contributed by atoms with Crippen molar-refractivity contribution in [1.29, 1.82) is 0 Å². The summed E-state index contributed by atoms with van der Waals surface area (Å²) < 4.78 is 29.3. The molecule has 0 bridgehead atoms. The number of carbonyl (C=O) groups excluding carboxylic acids is 2. The van der Waals surface area contributed by atoms with Gasteiger partial charge in [0.1, 0.15) is 12.4 Å². The van der Waals surface area contributed by atoms with Gasteiger partial charge in [-0.25, -0.2) is 14.6 Å². The fraction of sp³-hybridized carbons (Fsp3) is 0.257. The van der Waals surface area contributed by atoms with Crippen molar-refractivity contribution in [2.75, 3.05) is 33.5 Å². The molecule has 0 amide bonds. The van der Waals surface area contributed by atoms with E-state index in [2.05, 4.69) is 15.6 Å². The van der Waals surface area contributed by atoms with Crippen LogP contribution in [0.15, 0.2) is 75.7 Å². The summed E-state index contributed by atoms with van der Waals surface area (Å²) in [5.74, 6) is 2.51. The molecule has 0 saturated carbocycles. The van der Waals surface area contributed by atoms with Crippen molar-refractivity contribution in [2.24, 2.45) is 4.99 Å². The van der Waals surface area contributed by atoms with Gasteiger partial charge < -0.3 is 23.7 Å². The summed E-state index contributed by atoms with van der Waals surface area (Å²) in [4.78, 5) is 44.5. The van der Waals surface area contributed by atoms with Gasteiger partial charge in [-0.15, -0.1) is 6.42 Å². The zero-order valence-electron chi connectivity index (χ0n) is 25.8. The second kappa shape index (κ2) is 14.2. The Morgan fingerprint density at radius 2 is 1.80 bits per heavy atom. The molecule has 2 heterocycles. The van der Waals surface area contributed by atoms with Crippen LogP contribution >= 0.6 is 11.3 Å². The molecule has 1 aromatic heterocycles. The molecule has 0 fully saturated rings. The van der Waals surface area contributed by atoms with Crippen molar-refractivity contribution in [3.63, 3.8) is 0 Å². The van der Waals surface area contributed by atoms with Crippen molar-refractivity contribution in [1.82, 2.24) is 4.57 Å². The molecular formula is C35H32N2O8S. The monoisotopic (exact) mass is 640 g/mol. The lowest BCUT2D eigenvalue weighted by Gasteiger charge is -2.25. The van der Waals surface area contributed by atoms with E-state index in [1.54, 1.807) is 38.1 Å². The molecular weight excluding hydrogens is 608 g/mol. The number of carbonyl (C=O) groups is 2. The third-order valence-electron chi connectivity index (χ3n) is 7.19. The molecule has 0 spiro atoms. The highest BCUT2D eigenvalue weighted by molar-refractivity contribution is 7.07. The van der Waals surface area contributed by atoms with Crippen LogP contribution in [-0.2, 0) is 19.1 Å². The number of aromatic nitrogens is 1. The molecule has 236 valence electrons. The lowest BCUT2D eigenvalue weighted by molar-refractivity contribution is -0.143. The number of rotatable bonds is 11. The van der Waals surface area contributed by atoms with Gasteiger partial charge in [-0.3, -0.25) is 9.36 Å². The first kappa shape index (κ1) is 32.1. The minimum absolute atomic E-state index is 0.0596. The number of allylic oxidation sites excluding steroid dienone is 1. The largest absolute Gasteiger partial charge is 0.490 e. The Morgan fingerprint density at radius 3 is 2.54 bits per heavy atom. The summed E-state index contributed by atoms with van der Waals surface area (Å²) in [7, 11) is 1.27. The van der Waals surface area contributed by atoms with Gasteiger partial charge in [0.25, 0.3) is 5.56 Å². The minimum Gasteiger partial charge on any atom is -0.490 e. The van der Waals surface area contributed by atoms with Crippen LogP contribution < -0.4 is 29.1 Å². The van der Waals surface area contributed by atoms with Gasteiger partial charge in [0.2, 0.25) is 0 Å². The highest BCUT2D eigenvalue weighted by Gasteiger charge is 2.34. The molecule has 3 aromatic carbocycles. The van der Waals surface area contributed by atoms with E-state index in [-0.39, 0.29) is 31.0 Å². The van der Waals surface area contributed by atoms with E-state index in [9.17, 15) is 14.4 Å². The van der Waals surface area contributed by atoms with Gasteiger partial charge in [0.05, 0.1) is 42.2 Å². The Kier molecular flexibility index (Phi) is 9.88. The Labute approximate surface area is 269 Å². The van der Waals surface area contributed by atoms with Gasteiger partial charge >= 0.3 is 11.9 Å². The Balaban J connectivity index is 1.72. The van der Waals surface area contributed by atoms with Gasteiger partial charge in [-0.05, 0) is 61.4 Å². The maximum Gasteiger partial charge on any atom is 0.343 e. The molecule has 1 atom stereocenters. The number of esters is 2. The summed E-state index contributed by atoms with van der Waals surface area (Å²) in [5.41, 5.74) is 1.53. The zero-order valence-corrected chi connectivity index (χ0v) is 26.6. The van der Waals surface area contributed by atoms with E-state index < -0.39 is 18.0 Å². The van der Waals surface area contributed by atoms with Gasteiger partial charge in [0, 0.05) is 5.56 Å². The maximum atomic E-state index is 14.3. The molecule has 46 heavy (non-hydrogen) atoms. The van der Waals surface area contributed by atoms with E-state index in [4.69, 9.17) is 25.4 Å². The number of hydrogen-bond acceptors (Lipinski definition) is 10. The number of hydrogen-bond donors (Lipinski definition) is 0. The lowest BCUT2D eigenvalue weighted by atomic mass is 9.95. The van der Waals surface area contributed by atoms with Crippen LogP contribution in [0.1, 0.15) is 37.9 Å². The molecule has 0 radical (unpaired) electrons. The highest BCUT2D eigenvalue weighted by atomic mass is 32.1. The molecule has 10 nitrogen and oxygen atoms in total. The van der Waals surface area contributed by atoms with Gasteiger partial charge in [-0.1, -0.05) is 53.7 Å². The predicted molar refractivity (Wildman–Crippen MR) is 174 cm³/mol. The summed E-state index contributed by atoms with van der Waals surface area (Å²) in [6.45, 7) is 5.41. The molecule has 5 rings (SSSR count). The van der Waals surface area contributed by atoms with Crippen molar-refractivity contribution < 1.29 is 33.3 Å². The normalized spacial score (nSPS) is 14.2.